The molecule has 1 aliphatic heterocycles. The van der Waals surface area contributed by atoms with Crippen molar-refractivity contribution in [1.82, 2.24) is 10.2 Å². The minimum absolute atomic E-state index is 0.199. The molecule has 2 atom stereocenters. The Morgan fingerprint density at radius 3 is 2.95 bits per heavy atom. The first-order chi connectivity index (χ1) is 9.15. The number of piperidine rings is 1. The Bertz CT molecular complexity index is 423. The summed E-state index contributed by atoms with van der Waals surface area (Å²) in [5.41, 5.74) is 1.19. The Hall–Kier alpha value is -1.26. The van der Waals surface area contributed by atoms with Crippen molar-refractivity contribution in [1.29, 1.82) is 0 Å². The number of phenolic OH excluding ortho intramolecular Hbond substituents is 1. The van der Waals surface area contributed by atoms with Crippen molar-refractivity contribution in [3.05, 3.63) is 23.8 Å². The molecule has 0 aliphatic carbocycles. The van der Waals surface area contributed by atoms with E-state index in [1.54, 1.807) is 13.2 Å². The predicted octanol–water partition coefficient (Wildman–Crippen LogP) is 2.15. The lowest BCUT2D eigenvalue weighted by Crippen LogP contribution is -2.45. The molecule has 2 N–H and O–H groups in total. The molecule has 4 heteroatoms. The SMILES string of the molecule is CNC1CCCN(C(C)c2ccc(O)c(OC)c2)C1. The van der Waals surface area contributed by atoms with Crippen molar-refractivity contribution < 1.29 is 9.84 Å². The molecule has 19 heavy (non-hydrogen) atoms. The standard InChI is InChI=1S/C15H24N2O2/c1-11(17-8-4-5-13(10-17)16-2)12-6-7-14(18)15(9-12)19-3/h6-7,9,11,13,16,18H,4-5,8,10H2,1-3H3. The van der Waals surface area contributed by atoms with Crippen LogP contribution in [0.15, 0.2) is 18.2 Å². The van der Waals surface area contributed by atoms with E-state index in [4.69, 9.17) is 4.74 Å². The first-order valence-electron chi connectivity index (χ1n) is 6.94. The molecule has 4 nitrogen and oxygen atoms in total. The molecule has 1 fully saturated rings. The molecular formula is C15H24N2O2. The summed E-state index contributed by atoms with van der Waals surface area (Å²) in [4.78, 5) is 2.48. The average molecular weight is 264 g/mol. The molecule has 0 aromatic heterocycles. The van der Waals surface area contributed by atoms with E-state index in [9.17, 15) is 5.11 Å². The first kappa shape index (κ1) is 14.2. The maximum atomic E-state index is 9.66. The number of likely N-dealkylation sites (N-methyl/N-ethyl adjacent to an activating group) is 1. The van der Waals surface area contributed by atoms with E-state index in [-0.39, 0.29) is 5.75 Å². The summed E-state index contributed by atoms with van der Waals surface area (Å²) in [6.45, 7) is 4.41. The number of rotatable bonds is 4. The van der Waals surface area contributed by atoms with E-state index in [0.29, 0.717) is 17.8 Å². The lowest BCUT2D eigenvalue weighted by atomic mass is 10.00. The molecule has 0 radical (unpaired) electrons. The normalized spacial score (nSPS) is 22.2. The Labute approximate surface area is 115 Å². The zero-order chi connectivity index (χ0) is 13.8. The average Bonchev–Trinajstić information content (AvgIpc) is 2.47. The van der Waals surface area contributed by atoms with E-state index in [1.165, 1.54) is 18.4 Å². The van der Waals surface area contributed by atoms with Gasteiger partial charge in [0.05, 0.1) is 7.11 Å². The minimum Gasteiger partial charge on any atom is -0.504 e. The Kier molecular flexibility index (Phi) is 4.66. The second-order valence-corrected chi connectivity index (χ2v) is 5.23. The largest absolute Gasteiger partial charge is 0.504 e. The zero-order valence-corrected chi connectivity index (χ0v) is 12.0. The van der Waals surface area contributed by atoms with Crippen LogP contribution in [0, 0.1) is 0 Å². The van der Waals surface area contributed by atoms with Gasteiger partial charge in [0, 0.05) is 18.6 Å². The number of methoxy groups -OCH3 is 1. The van der Waals surface area contributed by atoms with Gasteiger partial charge in [-0.3, -0.25) is 4.90 Å². The molecule has 2 rings (SSSR count). The van der Waals surface area contributed by atoms with E-state index >= 15 is 0 Å². The summed E-state index contributed by atoms with van der Waals surface area (Å²) in [6.07, 6.45) is 2.48. The van der Waals surface area contributed by atoms with Gasteiger partial charge in [-0.1, -0.05) is 6.07 Å². The van der Waals surface area contributed by atoms with Crippen molar-refractivity contribution in [3.63, 3.8) is 0 Å². The number of aromatic hydroxyl groups is 1. The number of phenols is 1. The number of likely N-dealkylation sites (tertiary alicyclic amines) is 1. The summed E-state index contributed by atoms with van der Waals surface area (Å²) in [5, 5.41) is 13.0. The number of nitrogens with zero attached hydrogens (tertiary/aromatic N) is 1. The summed E-state index contributed by atoms with van der Waals surface area (Å²) >= 11 is 0. The predicted molar refractivity (Wildman–Crippen MR) is 76.7 cm³/mol. The number of nitrogens with one attached hydrogen (secondary N) is 1. The summed E-state index contributed by atoms with van der Waals surface area (Å²) < 4.78 is 5.18. The van der Waals surface area contributed by atoms with Crippen LogP contribution in [0.4, 0.5) is 0 Å². The monoisotopic (exact) mass is 264 g/mol. The number of hydrogen-bond donors (Lipinski definition) is 2. The van der Waals surface area contributed by atoms with Crippen molar-refractivity contribution in [2.75, 3.05) is 27.2 Å². The second kappa shape index (κ2) is 6.26. The molecule has 1 aliphatic rings. The fraction of sp³-hybridized carbons (Fsp3) is 0.600. The molecule has 1 aromatic rings. The highest BCUT2D eigenvalue weighted by Gasteiger charge is 2.23. The van der Waals surface area contributed by atoms with Gasteiger partial charge in [0.15, 0.2) is 11.5 Å². The zero-order valence-electron chi connectivity index (χ0n) is 12.0. The number of ether oxygens (including phenoxy) is 1. The van der Waals surface area contributed by atoms with Gasteiger partial charge in [-0.25, -0.2) is 0 Å². The van der Waals surface area contributed by atoms with Crippen LogP contribution in [0.1, 0.15) is 31.4 Å². The van der Waals surface area contributed by atoms with Gasteiger partial charge in [0.1, 0.15) is 0 Å². The Morgan fingerprint density at radius 2 is 2.26 bits per heavy atom. The van der Waals surface area contributed by atoms with Crippen molar-refractivity contribution in [2.24, 2.45) is 0 Å². The number of benzene rings is 1. The molecular weight excluding hydrogens is 240 g/mol. The number of hydrogen-bond acceptors (Lipinski definition) is 4. The van der Waals surface area contributed by atoms with Crippen molar-refractivity contribution >= 4 is 0 Å². The van der Waals surface area contributed by atoms with Crippen molar-refractivity contribution in [3.8, 4) is 11.5 Å². The fourth-order valence-corrected chi connectivity index (χ4v) is 2.76. The van der Waals surface area contributed by atoms with Gasteiger partial charge in [-0.15, -0.1) is 0 Å². The topological polar surface area (TPSA) is 44.7 Å². The smallest absolute Gasteiger partial charge is 0.160 e. The fourth-order valence-electron chi connectivity index (χ4n) is 2.76. The molecule has 2 unspecified atom stereocenters. The van der Waals surface area contributed by atoms with Gasteiger partial charge in [-0.05, 0) is 51.1 Å². The molecule has 0 amide bonds. The van der Waals surface area contributed by atoms with E-state index in [2.05, 4.69) is 17.1 Å². The lowest BCUT2D eigenvalue weighted by molar-refractivity contribution is 0.149. The second-order valence-electron chi connectivity index (χ2n) is 5.23. The van der Waals surface area contributed by atoms with Crippen molar-refractivity contribution in [2.45, 2.75) is 31.8 Å². The molecule has 0 bridgehead atoms. The highest BCUT2D eigenvalue weighted by molar-refractivity contribution is 5.42. The van der Waals surface area contributed by atoms with Crippen LogP contribution in [0.25, 0.3) is 0 Å². The van der Waals surface area contributed by atoms with Crippen LogP contribution in [0.5, 0.6) is 11.5 Å². The van der Waals surface area contributed by atoms with Gasteiger partial charge in [-0.2, -0.15) is 0 Å². The van der Waals surface area contributed by atoms with Crippen LogP contribution in [0.3, 0.4) is 0 Å². The molecule has 0 spiro atoms. The van der Waals surface area contributed by atoms with Crippen LogP contribution >= 0.6 is 0 Å². The van der Waals surface area contributed by atoms with Gasteiger partial charge in [0.2, 0.25) is 0 Å². The Morgan fingerprint density at radius 1 is 1.47 bits per heavy atom. The lowest BCUT2D eigenvalue weighted by Gasteiger charge is -2.37. The maximum Gasteiger partial charge on any atom is 0.160 e. The first-order valence-corrected chi connectivity index (χ1v) is 6.94. The molecule has 1 saturated heterocycles. The van der Waals surface area contributed by atoms with Crippen LogP contribution in [-0.2, 0) is 0 Å². The molecule has 1 aromatic carbocycles. The molecule has 1 heterocycles. The van der Waals surface area contributed by atoms with E-state index < -0.39 is 0 Å². The quantitative estimate of drug-likeness (QED) is 0.874. The molecule has 0 saturated carbocycles. The summed E-state index contributed by atoms with van der Waals surface area (Å²) in [7, 11) is 3.61. The van der Waals surface area contributed by atoms with E-state index in [0.717, 1.165) is 13.1 Å². The van der Waals surface area contributed by atoms with E-state index in [1.807, 2.05) is 19.2 Å². The molecule has 106 valence electrons. The van der Waals surface area contributed by atoms with Crippen LogP contribution < -0.4 is 10.1 Å². The third-order valence-electron chi connectivity index (χ3n) is 4.09. The summed E-state index contributed by atoms with van der Waals surface area (Å²) in [5.74, 6) is 0.747. The van der Waals surface area contributed by atoms with Crippen LogP contribution in [0.2, 0.25) is 0 Å². The highest BCUT2D eigenvalue weighted by atomic mass is 16.5. The third kappa shape index (κ3) is 3.19. The van der Waals surface area contributed by atoms with Gasteiger partial charge >= 0.3 is 0 Å². The van der Waals surface area contributed by atoms with Gasteiger partial charge < -0.3 is 15.2 Å². The summed E-state index contributed by atoms with van der Waals surface area (Å²) in [6, 6.07) is 6.54. The maximum absolute atomic E-state index is 9.66. The highest BCUT2D eigenvalue weighted by Crippen LogP contribution is 2.31. The Balaban J connectivity index is 2.12. The minimum atomic E-state index is 0.199. The van der Waals surface area contributed by atoms with Crippen LogP contribution in [-0.4, -0.2) is 43.3 Å². The van der Waals surface area contributed by atoms with Gasteiger partial charge in [0.25, 0.3) is 0 Å². The third-order valence-corrected chi connectivity index (χ3v) is 4.09.